The number of carbonyl (C=O) groups excluding carboxylic acids is 1. The molecule has 6 rings (SSSR count). The molecular formula is C25H25N3O4. The first kappa shape index (κ1) is 19.3. The summed E-state index contributed by atoms with van der Waals surface area (Å²) in [5.41, 5.74) is 3.06. The molecular weight excluding hydrogens is 406 g/mol. The van der Waals surface area contributed by atoms with Gasteiger partial charge in [-0.05, 0) is 47.5 Å². The zero-order chi connectivity index (χ0) is 21.7. The van der Waals surface area contributed by atoms with Gasteiger partial charge in [0.05, 0.1) is 19.2 Å². The molecule has 1 fully saturated rings. The summed E-state index contributed by atoms with van der Waals surface area (Å²) in [6.45, 7) is 3.41. The molecule has 3 aromatic rings. The molecule has 7 heteroatoms. The first-order chi connectivity index (χ1) is 15.7. The Bertz CT molecular complexity index is 1160. The standard InChI is InChI=1S/C25H25N3O4/c1-30-19-7-4-17(5-8-19)13-28-22-15-26(12-18-6-9-23-24(11-18)32-16-31-23)14-21(22)27-10-2-3-20(27)25(28)29/h2-11,21-22H,12-16H2,1H3/t21-,22+/m1/s1. The minimum absolute atomic E-state index is 0.0944. The van der Waals surface area contributed by atoms with E-state index in [-0.39, 0.29) is 24.8 Å². The number of ether oxygens (including phenoxy) is 3. The lowest BCUT2D eigenvalue weighted by atomic mass is 10.0. The van der Waals surface area contributed by atoms with Crippen LogP contribution in [0.5, 0.6) is 17.2 Å². The first-order valence-electron chi connectivity index (χ1n) is 10.9. The minimum Gasteiger partial charge on any atom is -0.497 e. The van der Waals surface area contributed by atoms with E-state index in [0.29, 0.717) is 6.54 Å². The molecule has 0 unspecified atom stereocenters. The van der Waals surface area contributed by atoms with E-state index in [1.165, 1.54) is 5.56 Å². The number of rotatable bonds is 5. The van der Waals surface area contributed by atoms with Crippen LogP contribution in [0.3, 0.4) is 0 Å². The molecule has 4 heterocycles. The summed E-state index contributed by atoms with van der Waals surface area (Å²) in [7, 11) is 1.66. The average Bonchev–Trinajstić information content (AvgIpc) is 3.56. The quantitative estimate of drug-likeness (QED) is 0.621. The summed E-state index contributed by atoms with van der Waals surface area (Å²) >= 11 is 0. The van der Waals surface area contributed by atoms with Crippen LogP contribution in [0.15, 0.2) is 60.8 Å². The molecule has 1 aromatic heterocycles. The van der Waals surface area contributed by atoms with Gasteiger partial charge in [-0.2, -0.15) is 0 Å². The van der Waals surface area contributed by atoms with Gasteiger partial charge < -0.3 is 23.7 Å². The second-order valence-electron chi connectivity index (χ2n) is 8.60. The molecule has 164 valence electrons. The van der Waals surface area contributed by atoms with Gasteiger partial charge in [-0.15, -0.1) is 0 Å². The molecule has 1 saturated heterocycles. The third-order valence-corrected chi connectivity index (χ3v) is 6.71. The van der Waals surface area contributed by atoms with E-state index in [1.807, 2.05) is 53.6 Å². The fourth-order valence-corrected chi connectivity index (χ4v) is 5.13. The number of hydrogen-bond acceptors (Lipinski definition) is 5. The maximum atomic E-state index is 13.4. The largest absolute Gasteiger partial charge is 0.497 e. The van der Waals surface area contributed by atoms with Gasteiger partial charge in [-0.1, -0.05) is 18.2 Å². The van der Waals surface area contributed by atoms with Crippen LogP contribution in [0, 0.1) is 0 Å². The maximum Gasteiger partial charge on any atom is 0.271 e. The Morgan fingerprint density at radius 2 is 1.72 bits per heavy atom. The lowest BCUT2D eigenvalue weighted by Gasteiger charge is -2.38. The molecule has 0 saturated carbocycles. The van der Waals surface area contributed by atoms with Crippen LogP contribution in [0.4, 0.5) is 0 Å². The van der Waals surface area contributed by atoms with E-state index < -0.39 is 0 Å². The molecule has 0 aliphatic carbocycles. The zero-order valence-electron chi connectivity index (χ0n) is 17.9. The van der Waals surface area contributed by atoms with E-state index >= 15 is 0 Å². The van der Waals surface area contributed by atoms with Crippen LogP contribution in [0.25, 0.3) is 0 Å². The highest BCUT2D eigenvalue weighted by atomic mass is 16.7. The minimum atomic E-state index is 0.0944. The van der Waals surface area contributed by atoms with Gasteiger partial charge in [-0.25, -0.2) is 0 Å². The predicted octanol–water partition coefficient (Wildman–Crippen LogP) is 3.31. The normalized spacial score (nSPS) is 21.5. The highest BCUT2D eigenvalue weighted by molar-refractivity contribution is 5.94. The number of methoxy groups -OCH3 is 1. The predicted molar refractivity (Wildman–Crippen MR) is 118 cm³/mol. The molecule has 0 radical (unpaired) electrons. The number of hydrogen-bond donors (Lipinski definition) is 0. The van der Waals surface area contributed by atoms with Crippen molar-refractivity contribution in [3.8, 4) is 17.2 Å². The number of fused-ring (bicyclic) bond motifs is 4. The van der Waals surface area contributed by atoms with E-state index in [9.17, 15) is 4.79 Å². The van der Waals surface area contributed by atoms with Crippen molar-refractivity contribution in [2.45, 2.75) is 25.2 Å². The van der Waals surface area contributed by atoms with Gasteiger partial charge in [0.15, 0.2) is 11.5 Å². The number of carbonyl (C=O) groups is 1. The van der Waals surface area contributed by atoms with Crippen LogP contribution < -0.4 is 14.2 Å². The van der Waals surface area contributed by atoms with E-state index in [1.54, 1.807) is 7.11 Å². The molecule has 0 bridgehead atoms. The highest BCUT2D eigenvalue weighted by Gasteiger charge is 2.44. The van der Waals surface area contributed by atoms with Crippen LogP contribution in [0.2, 0.25) is 0 Å². The van der Waals surface area contributed by atoms with Crippen molar-refractivity contribution >= 4 is 5.91 Å². The number of amides is 1. The van der Waals surface area contributed by atoms with Crippen LogP contribution >= 0.6 is 0 Å². The van der Waals surface area contributed by atoms with Crippen LogP contribution in [0.1, 0.15) is 27.7 Å². The van der Waals surface area contributed by atoms with Crippen LogP contribution in [-0.4, -0.2) is 53.3 Å². The smallest absolute Gasteiger partial charge is 0.271 e. The van der Waals surface area contributed by atoms with Crippen molar-refractivity contribution < 1.29 is 19.0 Å². The molecule has 0 spiro atoms. The molecule has 3 aliphatic heterocycles. The number of benzene rings is 2. The Labute approximate surface area is 186 Å². The topological polar surface area (TPSA) is 56.2 Å². The summed E-state index contributed by atoms with van der Waals surface area (Å²) in [6.07, 6.45) is 2.04. The van der Waals surface area contributed by atoms with Crippen molar-refractivity contribution in [1.82, 2.24) is 14.4 Å². The summed E-state index contributed by atoms with van der Waals surface area (Å²) in [5.74, 6) is 2.53. The molecule has 2 aromatic carbocycles. The zero-order valence-corrected chi connectivity index (χ0v) is 17.9. The van der Waals surface area contributed by atoms with Gasteiger partial charge in [0, 0.05) is 32.4 Å². The summed E-state index contributed by atoms with van der Waals surface area (Å²) in [5, 5.41) is 0. The Morgan fingerprint density at radius 1 is 0.938 bits per heavy atom. The third kappa shape index (κ3) is 3.20. The second kappa shape index (κ2) is 7.60. The van der Waals surface area contributed by atoms with E-state index in [0.717, 1.165) is 48.1 Å². The molecule has 32 heavy (non-hydrogen) atoms. The number of nitrogens with zero attached hydrogens (tertiary/aromatic N) is 3. The van der Waals surface area contributed by atoms with Crippen molar-refractivity contribution in [3.63, 3.8) is 0 Å². The second-order valence-corrected chi connectivity index (χ2v) is 8.60. The lowest BCUT2D eigenvalue weighted by molar-refractivity contribution is 0.0556. The number of likely N-dealkylation sites (tertiary alicyclic amines) is 1. The Morgan fingerprint density at radius 3 is 2.56 bits per heavy atom. The molecule has 7 nitrogen and oxygen atoms in total. The van der Waals surface area contributed by atoms with Crippen molar-refractivity contribution in [2.75, 3.05) is 27.0 Å². The van der Waals surface area contributed by atoms with Crippen LogP contribution in [-0.2, 0) is 13.1 Å². The molecule has 3 aliphatic rings. The van der Waals surface area contributed by atoms with Gasteiger partial charge in [-0.3, -0.25) is 9.69 Å². The molecule has 1 amide bonds. The first-order valence-corrected chi connectivity index (χ1v) is 10.9. The van der Waals surface area contributed by atoms with Gasteiger partial charge in [0.1, 0.15) is 11.4 Å². The summed E-state index contributed by atoms with van der Waals surface area (Å²) < 4.78 is 18.4. The Balaban J connectivity index is 1.25. The Kier molecular flexibility index (Phi) is 4.57. The summed E-state index contributed by atoms with van der Waals surface area (Å²) in [4.78, 5) is 17.8. The van der Waals surface area contributed by atoms with Gasteiger partial charge in [0.25, 0.3) is 5.91 Å². The summed E-state index contributed by atoms with van der Waals surface area (Å²) in [6, 6.07) is 18.4. The number of aromatic nitrogens is 1. The van der Waals surface area contributed by atoms with Crippen molar-refractivity contribution in [2.24, 2.45) is 0 Å². The average molecular weight is 431 g/mol. The van der Waals surface area contributed by atoms with Gasteiger partial charge in [0.2, 0.25) is 6.79 Å². The molecule has 0 N–H and O–H groups in total. The monoisotopic (exact) mass is 431 g/mol. The lowest BCUT2D eigenvalue weighted by Crippen LogP contribution is -2.49. The SMILES string of the molecule is COc1ccc(CN2C(=O)c3cccn3[C@@H]3CN(Cc4ccc5c(c4)OCO5)C[C@@H]32)cc1. The maximum absolute atomic E-state index is 13.4. The van der Waals surface area contributed by atoms with Crippen molar-refractivity contribution in [1.29, 1.82) is 0 Å². The third-order valence-electron chi connectivity index (χ3n) is 6.71. The fraction of sp³-hybridized carbons (Fsp3) is 0.320. The van der Waals surface area contributed by atoms with E-state index in [4.69, 9.17) is 14.2 Å². The molecule has 2 atom stereocenters. The van der Waals surface area contributed by atoms with Gasteiger partial charge >= 0.3 is 0 Å². The fourth-order valence-electron chi connectivity index (χ4n) is 5.13. The highest BCUT2D eigenvalue weighted by Crippen LogP contribution is 2.37. The van der Waals surface area contributed by atoms with Crippen molar-refractivity contribution in [3.05, 3.63) is 77.6 Å². The Hall–Kier alpha value is -3.45. The van der Waals surface area contributed by atoms with E-state index in [2.05, 4.69) is 21.6 Å².